The number of hydrogen-bond donors (Lipinski definition) is 0. The highest BCUT2D eigenvalue weighted by Crippen LogP contribution is 2.15. The number of quaternary nitrogens is 1. The number of carbonyl (C=O) groups excluding carboxylic acids is 3. The number of carboxylic acids is 1. The Hall–Kier alpha value is -1.97. The summed E-state index contributed by atoms with van der Waals surface area (Å²) in [6, 6.07) is 0. The molecule has 0 aromatic rings. The first-order valence-corrected chi connectivity index (χ1v) is 21.3. The molecule has 9 heteroatoms. The molecule has 0 aliphatic rings. The van der Waals surface area contributed by atoms with Crippen molar-refractivity contribution in [2.45, 2.75) is 200 Å². The maximum absolute atomic E-state index is 12.7. The van der Waals surface area contributed by atoms with Gasteiger partial charge >= 0.3 is 11.9 Å². The molecule has 0 aromatic carbocycles. The van der Waals surface area contributed by atoms with Crippen LogP contribution in [0.15, 0.2) is 12.2 Å². The number of ether oxygens (including phenoxy) is 4. The number of carboxylic acid groups (broad SMARTS) is 1. The number of allylic oxidation sites excluding steroid dienone is 2. The van der Waals surface area contributed by atoms with E-state index >= 15 is 0 Å². The Morgan fingerprint density at radius 1 is 0.558 bits per heavy atom. The lowest BCUT2D eigenvalue weighted by atomic mass is 10.0. The molecule has 0 aliphatic heterocycles. The van der Waals surface area contributed by atoms with E-state index in [2.05, 4.69) is 26.0 Å². The van der Waals surface area contributed by atoms with E-state index in [0.717, 1.165) is 51.4 Å². The fourth-order valence-electron chi connectivity index (χ4n) is 5.88. The van der Waals surface area contributed by atoms with Gasteiger partial charge < -0.3 is 33.3 Å². The van der Waals surface area contributed by atoms with Crippen LogP contribution in [0.5, 0.6) is 0 Å². The molecule has 9 nitrogen and oxygen atoms in total. The summed E-state index contributed by atoms with van der Waals surface area (Å²) in [5, 5.41) is 11.7. The second kappa shape index (κ2) is 36.0. The van der Waals surface area contributed by atoms with Crippen molar-refractivity contribution in [3.8, 4) is 0 Å². The van der Waals surface area contributed by atoms with Crippen molar-refractivity contribution >= 4 is 17.9 Å². The van der Waals surface area contributed by atoms with Gasteiger partial charge in [0.05, 0.1) is 40.3 Å². The average molecular weight is 740 g/mol. The second-order valence-corrected chi connectivity index (χ2v) is 15.6. The summed E-state index contributed by atoms with van der Waals surface area (Å²) in [5.74, 6) is -2.29. The van der Waals surface area contributed by atoms with Crippen LogP contribution < -0.4 is 5.11 Å². The van der Waals surface area contributed by atoms with E-state index in [4.69, 9.17) is 18.9 Å². The lowest BCUT2D eigenvalue weighted by Gasteiger charge is -2.26. The van der Waals surface area contributed by atoms with Crippen LogP contribution >= 0.6 is 0 Å². The van der Waals surface area contributed by atoms with Crippen molar-refractivity contribution in [2.24, 2.45) is 0 Å². The summed E-state index contributed by atoms with van der Waals surface area (Å²) in [5.41, 5.74) is 0. The van der Waals surface area contributed by atoms with E-state index < -0.39 is 24.3 Å². The standard InChI is InChI=1S/C43H81NO8/c1-6-8-10-12-14-16-18-20-22-23-25-27-29-31-33-40(45)50-37-39(38-51-43(42(47)48)49-36-35-44(3,4)5)52-41(46)34-32-30-28-26-24-21-19-17-15-13-11-9-7-2/h17,19,39,43H,6-16,18,20-38H2,1-5H3/b19-17-. The molecule has 0 N–H and O–H groups in total. The molecule has 52 heavy (non-hydrogen) atoms. The van der Waals surface area contributed by atoms with Crippen molar-refractivity contribution in [2.75, 3.05) is 47.5 Å². The van der Waals surface area contributed by atoms with Gasteiger partial charge in [-0.1, -0.05) is 148 Å². The Morgan fingerprint density at radius 2 is 0.981 bits per heavy atom. The SMILES string of the molecule is CCCCCC/C=C\CCCCCCCC(=O)OC(COC(=O)CCCCCCCCCCCCCCCC)COC(OCC[N+](C)(C)C)C(=O)[O-]. The van der Waals surface area contributed by atoms with Crippen LogP contribution in [-0.4, -0.2) is 82.3 Å². The highest BCUT2D eigenvalue weighted by molar-refractivity contribution is 5.70. The Morgan fingerprint density at radius 3 is 1.44 bits per heavy atom. The maximum Gasteiger partial charge on any atom is 0.306 e. The molecule has 0 saturated heterocycles. The van der Waals surface area contributed by atoms with E-state index in [-0.39, 0.29) is 32.2 Å². The summed E-state index contributed by atoms with van der Waals surface area (Å²) >= 11 is 0. The van der Waals surface area contributed by atoms with Crippen LogP contribution in [0.4, 0.5) is 0 Å². The summed E-state index contributed by atoms with van der Waals surface area (Å²) in [6.07, 6.45) is 32.3. The van der Waals surface area contributed by atoms with Crippen LogP contribution in [0, 0.1) is 0 Å². The Balaban J connectivity index is 4.47. The Kier molecular flexibility index (Phi) is 34.7. The quantitative estimate of drug-likeness (QED) is 0.0202. The smallest absolute Gasteiger partial charge is 0.306 e. The number of esters is 2. The minimum Gasteiger partial charge on any atom is -0.545 e. The molecule has 0 heterocycles. The molecular weight excluding hydrogens is 658 g/mol. The van der Waals surface area contributed by atoms with E-state index in [1.807, 2.05) is 21.1 Å². The minimum atomic E-state index is -1.62. The summed E-state index contributed by atoms with van der Waals surface area (Å²) in [6.45, 7) is 4.72. The number of hydrogen-bond acceptors (Lipinski definition) is 8. The molecule has 0 spiro atoms. The molecule has 0 saturated carbocycles. The van der Waals surface area contributed by atoms with Gasteiger partial charge in [-0.05, 0) is 38.5 Å². The lowest BCUT2D eigenvalue weighted by molar-refractivity contribution is -0.870. The van der Waals surface area contributed by atoms with Gasteiger partial charge in [-0.15, -0.1) is 0 Å². The highest BCUT2D eigenvalue weighted by Gasteiger charge is 2.21. The number of carbonyl (C=O) groups is 3. The van der Waals surface area contributed by atoms with Crippen LogP contribution in [0.1, 0.15) is 187 Å². The fourth-order valence-corrected chi connectivity index (χ4v) is 5.88. The molecule has 0 bridgehead atoms. The number of aliphatic carboxylic acids is 1. The predicted molar refractivity (Wildman–Crippen MR) is 210 cm³/mol. The summed E-state index contributed by atoms with van der Waals surface area (Å²) in [4.78, 5) is 36.8. The molecule has 0 rings (SSSR count). The first-order chi connectivity index (χ1) is 25.1. The van der Waals surface area contributed by atoms with Gasteiger partial charge in [0.2, 0.25) is 0 Å². The molecule has 0 fully saturated rings. The summed E-state index contributed by atoms with van der Waals surface area (Å²) < 4.78 is 22.5. The van der Waals surface area contributed by atoms with Gasteiger partial charge in [-0.3, -0.25) is 9.59 Å². The number of rotatable bonds is 39. The molecule has 306 valence electrons. The molecular formula is C43H81NO8. The maximum atomic E-state index is 12.7. The van der Waals surface area contributed by atoms with E-state index in [0.29, 0.717) is 23.9 Å². The Labute approximate surface area is 319 Å². The molecule has 2 unspecified atom stereocenters. The van der Waals surface area contributed by atoms with Gasteiger partial charge in [0.1, 0.15) is 13.2 Å². The van der Waals surface area contributed by atoms with Crippen LogP contribution in [-0.2, 0) is 33.3 Å². The minimum absolute atomic E-state index is 0.149. The fraction of sp³-hybridized carbons (Fsp3) is 0.884. The molecule has 0 radical (unpaired) electrons. The van der Waals surface area contributed by atoms with Gasteiger partial charge in [-0.2, -0.15) is 0 Å². The third-order valence-electron chi connectivity index (χ3n) is 9.26. The average Bonchev–Trinajstić information content (AvgIpc) is 3.09. The van der Waals surface area contributed by atoms with Gasteiger partial charge in [-0.25, -0.2) is 0 Å². The van der Waals surface area contributed by atoms with E-state index in [1.165, 1.54) is 103 Å². The van der Waals surface area contributed by atoms with E-state index in [1.54, 1.807) is 0 Å². The number of likely N-dealkylation sites (N-methyl/N-ethyl adjacent to an activating group) is 1. The lowest BCUT2D eigenvalue weighted by Crippen LogP contribution is -2.44. The zero-order chi connectivity index (χ0) is 38.5. The monoisotopic (exact) mass is 740 g/mol. The zero-order valence-corrected chi connectivity index (χ0v) is 34.4. The summed E-state index contributed by atoms with van der Waals surface area (Å²) in [7, 11) is 5.90. The van der Waals surface area contributed by atoms with Gasteiger partial charge in [0.25, 0.3) is 0 Å². The second-order valence-electron chi connectivity index (χ2n) is 15.6. The van der Waals surface area contributed by atoms with Crippen molar-refractivity contribution in [1.82, 2.24) is 0 Å². The first-order valence-electron chi connectivity index (χ1n) is 21.3. The van der Waals surface area contributed by atoms with Crippen LogP contribution in [0.25, 0.3) is 0 Å². The van der Waals surface area contributed by atoms with Crippen LogP contribution in [0.3, 0.4) is 0 Å². The topological polar surface area (TPSA) is 111 Å². The predicted octanol–water partition coefficient (Wildman–Crippen LogP) is 9.39. The largest absolute Gasteiger partial charge is 0.545 e. The first kappa shape index (κ1) is 50.0. The molecule has 0 amide bonds. The van der Waals surface area contributed by atoms with E-state index in [9.17, 15) is 19.5 Å². The van der Waals surface area contributed by atoms with Crippen molar-refractivity contribution < 1.29 is 42.9 Å². The third-order valence-corrected chi connectivity index (χ3v) is 9.26. The van der Waals surface area contributed by atoms with Crippen molar-refractivity contribution in [1.29, 1.82) is 0 Å². The Bertz CT molecular complexity index is 872. The van der Waals surface area contributed by atoms with Gasteiger partial charge in [0, 0.05) is 12.8 Å². The molecule has 0 aromatic heterocycles. The number of unbranched alkanes of at least 4 members (excludes halogenated alkanes) is 22. The normalized spacial score (nSPS) is 13.0. The highest BCUT2D eigenvalue weighted by atomic mass is 16.7. The molecule has 2 atom stereocenters. The molecule has 0 aliphatic carbocycles. The van der Waals surface area contributed by atoms with Crippen molar-refractivity contribution in [3.63, 3.8) is 0 Å². The number of nitrogens with zero attached hydrogens (tertiary/aromatic N) is 1. The van der Waals surface area contributed by atoms with Gasteiger partial charge in [0.15, 0.2) is 12.4 Å². The van der Waals surface area contributed by atoms with Crippen molar-refractivity contribution in [3.05, 3.63) is 12.2 Å². The zero-order valence-electron chi connectivity index (χ0n) is 34.4. The third kappa shape index (κ3) is 36.4. The van der Waals surface area contributed by atoms with Crippen LogP contribution in [0.2, 0.25) is 0 Å².